The molecule has 2 aliphatic rings. The number of nitrogens with zero attached hydrogens (tertiary/aromatic N) is 3. The van der Waals surface area contributed by atoms with E-state index in [1.165, 1.54) is 11.0 Å². The van der Waals surface area contributed by atoms with Gasteiger partial charge >= 0.3 is 0 Å². The minimum atomic E-state index is -2.90. The van der Waals surface area contributed by atoms with Crippen LogP contribution in [0.5, 0.6) is 0 Å². The molecule has 140 valence electrons. The molecule has 0 unspecified atom stereocenters. The Morgan fingerprint density at radius 3 is 2.63 bits per heavy atom. The van der Waals surface area contributed by atoms with Gasteiger partial charge in [-0.05, 0) is 36.2 Å². The first-order valence-corrected chi connectivity index (χ1v) is 9.07. The number of fused-ring (bicyclic) bond motifs is 2. The number of benzene rings is 1. The lowest BCUT2D eigenvalue weighted by Gasteiger charge is -2.34. The molecule has 1 fully saturated rings. The Bertz CT molecular complexity index is 951. The van der Waals surface area contributed by atoms with Crippen molar-refractivity contribution in [3.63, 3.8) is 0 Å². The van der Waals surface area contributed by atoms with Crippen LogP contribution in [-0.2, 0) is 10.2 Å². The van der Waals surface area contributed by atoms with Crippen molar-refractivity contribution in [1.29, 1.82) is 0 Å². The molecule has 1 spiro atoms. The summed E-state index contributed by atoms with van der Waals surface area (Å²) in [7, 11) is 0. The fourth-order valence-corrected chi connectivity index (χ4v) is 3.83. The van der Waals surface area contributed by atoms with Crippen molar-refractivity contribution in [1.82, 2.24) is 14.9 Å². The number of hydrogen-bond donors (Lipinski definition) is 1. The number of rotatable bonds is 3. The van der Waals surface area contributed by atoms with Gasteiger partial charge in [0.2, 0.25) is 11.9 Å². The highest BCUT2D eigenvalue weighted by molar-refractivity contribution is 9.10. The second-order valence-corrected chi connectivity index (χ2v) is 7.86. The molecule has 27 heavy (non-hydrogen) atoms. The molecule has 2 aromatic rings. The summed E-state index contributed by atoms with van der Waals surface area (Å²) in [6.45, 7) is 1.26. The fraction of sp³-hybridized carbons (Fsp3) is 0.333. The summed E-state index contributed by atoms with van der Waals surface area (Å²) in [6, 6.07) is 4.73. The zero-order valence-electron chi connectivity index (χ0n) is 14.3. The highest BCUT2D eigenvalue weighted by Crippen LogP contribution is 2.64. The predicted molar refractivity (Wildman–Crippen MR) is 96.7 cm³/mol. The SMILES string of the molecule is Cc1cnc(NC(=O)CN2C[C@@]3(CC3(F)F)c3cc(Br)ccc3C2=O)nc1. The number of alkyl halides is 2. The Labute approximate surface area is 162 Å². The van der Waals surface area contributed by atoms with Crippen LogP contribution < -0.4 is 5.32 Å². The first-order chi connectivity index (χ1) is 12.7. The lowest BCUT2D eigenvalue weighted by Crippen LogP contribution is -2.48. The van der Waals surface area contributed by atoms with Gasteiger partial charge in [-0.25, -0.2) is 18.7 Å². The van der Waals surface area contributed by atoms with Crippen LogP contribution in [0, 0.1) is 6.92 Å². The molecule has 1 atom stereocenters. The highest BCUT2D eigenvalue weighted by Gasteiger charge is 2.74. The topological polar surface area (TPSA) is 75.2 Å². The lowest BCUT2D eigenvalue weighted by molar-refractivity contribution is -0.117. The monoisotopic (exact) mass is 436 g/mol. The number of aryl methyl sites for hydroxylation is 1. The summed E-state index contributed by atoms with van der Waals surface area (Å²) in [5.41, 5.74) is -0.0491. The summed E-state index contributed by atoms with van der Waals surface area (Å²) in [5, 5.41) is 2.49. The van der Waals surface area contributed by atoms with E-state index in [9.17, 15) is 18.4 Å². The molecule has 0 radical (unpaired) electrons. The minimum Gasteiger partial charge on any atom is -0.328 e. The van der Waals surface area contributed by atoms with Gasteiger partial charge in [-0.2, -0.15) is 0 Å². The van der Waals surface area contributed by atoms with E-state index in [0.717, 1.165) is 5.56 Å². The molecule has 1 aliphatic heterocycles. The molecule has 1 aliphatic carbocycles. The Morgan fingerprint density at radius 2 is 2.00 bits per heavy atom. The van der Waals surface area contributed by atoms with Gasteiger partial charge < -0.3 is 4.90 Å². The Balaban J connectivity index is 1.57. The number of carbonyl (C=O) groups excluding carboxylic acids is 2. The Morgan fingerprint density at radius 1 is 1.33 bits per heavy atom. The van der Waals surface area contributed by atoms with Crippen LogP contribution >= 0.6 is 15.9 Å². The van der Waals surface area contributed by atoms with Crippen molar-refractivity contribution in [2.45, 2.75) is 24.7 Å². The average molecular weight is 437 g/mol. The van der Waals surface area contributed by atoms with Crippen molar-refractivity contribution < 1.29 is 18.4 Å². The molecule has 1 saturated carbocycles. The summed E-state index contributed by atoms with van der Waals surface area (Å²) in [6.07, 6.45) is 2.75. The van der Waals surface area contributed by atoms with Crippen LogP contribution in [0.1, 0.15) is 27.9 Å². The molecule has 2 heterocycles. The lowest BCUT2D eigenvalue weighted by atomic mass is 9.86. The predicted octanol–water partition coefficient (Wildman–Crippen LogP) is 2.92. The maximum atomic E-state index is 14.2. The number of anilines is 1. The Hall–Kier alpha value is -2.42. The molecule has 1 N–H and O–H groups in total. The van der Waals surface area contributed by atoms with Crippen molar-refractivity contribution in [2.24, 2.45) is 0 Å². The first kappa shape index (κ1) is 18.0. The number of hydrogen-bond acceptors (Lipinski definition) is 4. The zero-order valence-corrected chi connectivity index (χ0v) is 15.9. The second-order valence-electron chi connectivity index (χ2n) is 6.95. The standard InChI is InChI=1S/C18H15BrF2N4O2/c1-10-5-22-16(23-6-10)24-14(26)7-25-9-17(8-18(17,20)21)13-4-11(19)2-3-12(13)15(25)27/h2-6H,7-9H2,1H3,(H,22,23,24,26)/t17-/m0/s1. The number of aromatic nitrogens is 2. The smallest absolute Gasteiger partial charge is 0.260 e. The molecular weight excluding hydrogens is 422 g/mol. The average Bonchev–Trinajstić information content (AvgIpc) is 3.16. The summed E-state index contributed by atoms with van der Waals surface area (Å²) in [4.78, 5) is 34.1. The van der Waals surface area contributed by atoms with Crippen molar-refractivity contribution in [3.8, 4) is 0 Å². The molecular formula is C18H15BrF2N4O2. The molecule has 1 aromatic heterocycles. The second kappa shape index (κ2) is 6.05. The third-order valence-corrected chi connectivity index (χ3v) is 5.43. The molecule has 6 nitrogen and oxygen atoms in total. The van der Waals surface area contributed by atoms with E-state index >= 15 is 0 Å². The van der Waals surface area contributed by atoms with E-state index in [1.54, 1.807) is 24.5 Å². The van der Waals surface area contributed by atoms with Crippen LogP contribution in [0.3, 0.4) is 0 Å². The van der Waals surface area contributed by atoms with E-state index < -0.39 is 23.2 Å². The zero-order chi connectivity index (χ0) is 19.4. The maximum absolute atomic E-state index is 14.2. The maximum Gasteiger partial charge on any atom is 0.260 e. The molecule has 0 bridgehead atoms. The van der Waals surface area contributed by atoms with Crippen LogP contribution in [0.25, 0.3) is 0 Å². The van der Waals surface area contributed by atoms with Gasteiger partial charge in [-0.3, -0.25) is 14.9 Å². The van der Waals surface area contributed by atoms with E-state index in [2.05, 4.69) is 31.2 Å². The fourth-order valence-electron chi connectivity index (χ4n) is 3.47. The van der Waals surface area contributed by atoms with Crippen molar-refractivity contribution in [3.05, 3.63) is 51.8 Å². The molecule has 1 aromatic carbocycles. The molecule has 2 amide bonds. The first-order valence-electron chi connectivity index (χ1n) is 8.27. The highest BCUT2D eigenvalue weighted by atomic mass is 79.9. The van der Waals surface area contributed by atoms with Gasteiger partial charge in [0.05, 0.1) is 5.41 Å². The molecule has 9 heteroatoms. The van der Waals surface area contributed by atoms with Crippen LogP contribution in [0.4, 0.5) is 14.7 Å². The Kier molecular flexibility index (Phi) is 4.03. The summed E-state index contributed by atoms with van der Waals surface area (Å²) < 4.78 is 29.1. The minimum absolute atomic E-state index is 0.103. The largest absolute Gasteiger partial charge is 0.328 e. The number of amides is 2. The van der Waals surface area contributed by atoms with Gasteiger partial charge in [-0.15, -0.1) is 0 Å². The van der Waals surface area contributed by atoms with Crippen LogP contribution in [-0.4, -0.2) is 45.7 Å². The van der Waals surface area contributed by atoms with E-state index in [4.69, 9.17) is 0 Å². The summed E-state index contributed by atoms with van der Waals surface area (Å²) in [5.74, 6) is -3.78. The van der Waals surface area contributed by atoms with Crippen molar-refractivity contribution in [2.75, 3.05) is 18.4 Å². The van der Waals surface area contributed by atoms with Gasteiger partial charge in [-0.1, -0.05) is 15.9 Å². The van der Waals surface area contributed by atoms with E-state index in [0.29, 0.717) is 10.0 Å². The third-order valence-electron chi connectivity index (χ3n) is 4.94. The number of nitrogens with one attached hydrogen (secondary N) is 1. The molecule has 0 saturated heterocycles. The van der Waals surface area contributed by atoms with Gasteiger partial charge in [0.1, 0.15) is 6.54 Å². The van der Waals surface area contributed by atoms with Crippen LogP contribution in [0.15, 0.2) is 35.1 Å². The third kappa shape index (κ3) is 2.99. The van der Waals surface area contributed by atoms with Crippen molar-refractivity contribution >= 4 is 33.7 Å². The number of halogens is 3. The van der Waals surface area contributed by atoms with Gasteiger partial charge in [0.25, 0.3) is 11.8 Å². The normalized spacial score (nSPS) is 22.5. The van der Waals surface area contributed by atoms with Crippen LogP contribution in [0.2, 0.25) is 0 Å². The van der Waals surface area contributed by atoms with E-state index in [-0.39, 0.29) is 31.0 Å². The van der Waals surface area contributed by atoms with E-state index in [1.807, 2.05) is 6.92 Å². The quantitative estimate of drug-likeness (QED) is 0.802. The molecule has 4 rings (SSSR count). The van der Waals surface area contributed by atoms with Gasteiger partial charge in [0, 0.05) is 35.4 Å². The number of carbonyl (C=O) groups is 2. The summed E-state index contributed by atoms with van der Waals surface area (Å²) >= 11 is 3.28. The van der Waals surface area contributed by atoms with Gasteiger partial charge in [0.15, 0.2) is 0 Å².